The lowest BCUT2D eigenvalue weighted by atomic mass is 9.92. The minimum Gasteiger partial charge on any atom is -0.468 e. The Labute approximate surface area is 198 Å². The highest BCUT2D eigenvalue weighted by molar-refractivity contribution is 5.94. The summed E-state index contributed by atoms with van der Waals surface area (Å²) < 4.78 is 17.2. The smallest absolute Gasteiger partial charge is 0.323 e. The van der Waals surface area contributed by atoms with Crippen LogP contribution in [-0.2, 0) is 25.4 Å². The van der Waals surface area contributed by atoms with E-state index in [2.05, 4.69) is 21.7 Å². The van der Waals surface area contributed by atoms with Gasteiger partial charge in [-0.25, -0.2) is 0 Å². The molecule has 5 rings (SSSR count). The van der Waals surface area contributed by atoms with E-state index in [1.807, 2.05) is 43.3 Å². The van der Waals surface area contributed by atoms with Gasteiger partial charge < -0.3 is 24.5 Å². The molecule has 1 fully saturated rings. The number of hydrogen-bond acceptors (Lipinski definition) is 6. The summed E-state index contributed by atoms with van der Waals surface area (Å²) in [6, 6.07) is 16.3. The van der Waals surface area contributed by atoms with Crippen LogP contribution in [0.4, 0.5) is 0 Å². The van der Waals surface area contributed by atoms with E-state index in [0.717, 1.165) is 22.2 Å². The van der Waals surface area contributed by atoms with E-state index in [1.165, 1.54) is 7.11 Å². The number of H-pyrrole nitrogens is 1. The molecule has 2 aliphatic heterocycles. The molecule has 178 valence electrons. The maximum Gasteiger partial charge on any atom is 0.323 e. The maximum atomic E-state index is 12.5. The quantitative estimate of drug-likeness (QED) is 0.503. The Morgan fingerprint density at radius 3 is 2.65 bits per heavy atom. The summed E-state index contributed by atoms with van der Waals surface area (Å²) in [4.78, 5) is 28.4. The third-order valence-electron chi connectivity index (χ3n) is 6.67. The van der Waals surface area contributed by atoms with Crippen LogP contribution in [-0.4, -0.2) is 55.1 Å². The highest BCUT2D eigenvalue weighted by Gasteiger charge is 2.37. The second kappa shape index (κ2) is 9.58. The van der Waals surface area contributed by atoms with E-state index in [1.54, 1.807) is 12.1 Å². The van der Waals surface area contributed by atoms with Crippen LogP contribution in [0.15, 0.2) is 54.6 Å². The van der Waals surface area contributed by atoms with Gasteiger partial charge in [-0.15, -0.1) is 0 Å². The Bertz CT molecular complexity index is 1180. The SMILES string of the molecule is COC(=O)[C@@H]1Cc2c([nH]c3ccccc23)[C@H](C[C@H]2OC[C@@H](NC(=O)c3ccccc3)[C@@H](C)O2)N1. The molecule has 1 saturated heterocycles. The van der Waals surface area contributed by atoms with Gasteiger partial charge in [0.2, 0.25) is 0 Å². The molecule has 3 aromatic rings. The molecule has 0 spiro atoms. The zero-order valence-electron chi connectivity index (χ0n) is 19.2. The molecule has 0 saturated carbocycles. The number of aromatic nitrogens is 1. The van der Waals surface area contributed by atoms with E-state index in [-0.39, 0.29) is 30.1 Å². The van der Waals surface area contributed by atoms with E-state index in [0.29, 0.717) is 25.0 Å². The average Bonchev–Trinajstić information content (AvgIpc) is 3.24. The van der Waals surface area contributed by atoms with Gasteiger partial charge in [0.1, 0.15) is 6.04 Å². The number of rotatable bonds is 5. The Balaban J connectivity index is 1.29. The molecule has 1 amide bonds. The molecule has 1 aromatic heterocycles. The number of fused-ring (bicyclic) bond motifs is 3. The predicted molar refractivity (Wildman–Crippen MR) is 126 cm³/mol. The van der Waals surface area contributed by atoms with Gasteiger partial charge in [0.25, 0.3) is 5.91 Å². The first kappa shape index (κ1) is 22.6. The van der Waals surface area contributed by atoms with Gasteiger partial charge in [0, 0.05) is 35.0 Å². The van der Waals surface area contributed by atoms with Gasteiger partial charge in [-0.3, -0.25) is 14.9 Å². The largest absolute Gasteiger partial charge is 0.468 e. The third-order valence-corrected chi connectivity index (χ3v) is 6.67. The first-order chi connectivity index (χ1) is 16.5. The Kier molecular flexibility index (Phi) is 6.36. The number of para-hydroxylation sites is 1. The van der Waals surface area contributed by atoms with Crippen LogP contribution in [0.1, 0.15) is 41.0 Å². The van der Waals surface area contributed by atoms with Crippen LogP contribution in [0.25, 0.3) is 10.9 Å². The normalized spacial score (nSPS) is 26.6. The number of carbonyl (C=O) groups is 2. The van der Waals surface area contributed by atoms with Gasteiger partial charge in [-0.2, -0.15) is 0 Å². The Morgan fingerprint density at radius 1 is 1.12 bits per heavy atom. The minimum atomic E-state index is -0.479. The Morgan fingerprint density at radius 2 is 1.88 bits per heavy atom. The van der Waals surface area contributed by atoms with Gasteiger partial charge in [0.05, 0.1) is 31.9 Å². The fourth-order valence-corrected chi connectivity index (χ4v) is 4.84. The standard InChI is InChI=1S/C26H29N3O5/c1-15-22(29-25(30)16-8-4-3-5-9-16)14-33-23(34-15)13-20-24-18(12-21(27-20)26(31)32-2)17-10-6-7-11-19(17)28-24/h3-11,15,20-23,27-28H,12-14H2,1-2H3,(H,29,30)/t15-,20+,21+,22-,23+/m1/s1. The summed E-state index contributed by atoms with van der Waals surface area (Å²) >= 11 is 0. The van der Waals surface area contributed by atoms with E-state index >= 15 is 0 Å². The Hall–Kier alpha value is -3.20. The second-order valence-corrected chi connectivity index (χ2v) is 8.85. The molecular formula is C26H29N3O5. The van der Waals surface area contributed by atoms with Crippen LogP contribution in [0.5, 0.6) is 0 Å². The first-order valence-electron chi connectivity index (χ1n) is 11.6. The summed E-state index contributed by atoms with van der Waals surface area (Å²) in [6.45, 7) is 2.28. The van der Waals surface area contributed by atoms with Gasteiger partial charge in [-0.1, -0.05) is 36.4 Å². The zero-order valence-corrected chi connectivity index (χ0v) is 19.2. The van der Waals surface area contributed by atoms with E-state index < -0.39 is 12.3 Å². The molecule has 2 aliphatic rings. The number of aromatic amines is 1. The van der Waals surface area contributed by atoms with Crippen molar-refractivity contribution in [2.75, 3.05) is 13.7 Å². The lowest BCUT2D eigenvalue weighted by molar-refractivity contribution is -0.223. The lowest BCUT2D eigenvalue weighted by Crippen LogP contribution is -2.53. The van der Waals surface area contributed by atoms with Crippen molar-refractivity contribution in [3.05, 3.63) is 71.4 Å². The van der Waals surface area contributed by atoms with Crippen LogP contribution < -0.4 is 10.6 Å². The zero-order chi connectivity index (χ0) is 23.7. The van der Waals surface area contributed by atoms with Gasteiger partial charge in [-0.05, 0) is 30.7 Å². The lowest BCUT2D eigenvalue weighted by Gasteiger charge is -2.38. The summed E-state index contributed by atoms with van der Waals surface area (Å²) in [5.41, 5.74) is 3.79. The van der Waals surface area contributed by atoms with Crippen molar-refractivity contribution in [2.24, 2.45) is 0 Å². The maximum absolute atomic E-state index is 12.5. The summed E-state index contributed by atoms with van der Waals surface area (Å²) in [5, 5.41) is 7.52. The molecule has 2 aromatic carbocycles. The number of esters is 1. The second-order valence-electron chi connectivity index (χ2n) is 8.85. The summed E-state index contributed by atoms with van der Waals surface area (Å²) in [5.74, 6) is -0.441. The molecule has 0 aliphatic carbocycles. The highest BCUT2D eigenvalue weighted by atomic mass is 16.7. The van der Waals surface area contributed by atoms with Crippen molar-refractivity contribution < 1.29 is 23.8 Å². The number of benzene rings is 2. The van der Waals surface area contributed by atoms with Gasteiger partial charge in [0.15, 0.2) is 6.29 Å². The number of amides is 1. The summed E-state index contributed by atoms with van der Waals surface area (Å²) in [6.07, 6.45) is 0.359. The number of nitrogens with one attached hydrogen (secondary N) is 3. The van der Waals surface area contributed by atoms with Crippen molar-refractivity contribution in [3.63, 3.8) is 0 Å². The molecule has 8 heteroatoms. The molecule has 8 nitrogen and oxygen atoms in total. The first-order valence-corrected chi connectivity index (χ1v) is 11.6. The van der Waals surface area contributed by atoms with Crippen molar-refractivity contribution in [2.45, 2.75) is 50.3 Å². The van der Waals surface area contributed by atoms with Crippen molar-refractivity contribution in [1.82, 2.24) is 15.6 Å². The number of methoxy groups -OCH3 is 1. The van der Waals surface area contributed by atoms with E-state index in [9.17, 15) is 9.59 Å². The topological polar surface area (TPSA) is 102 Å². The third kappa shape index (κ3) is 4.44. The fourth-order valence-electron chi connectivity index (χ4n) is 4.84. The average molecular weight is 464 g/mol. The summed E-state index contributed by atoms with van der Waals surface area (Å²) in [7, 11) is 1.41. The van der Waals surface area contributed by atoms with Crippen LogP contribution in [0.3, 0.4) is 0 Å². The van der Waals surface area contributed by atoms with Crippen molar-refractivity contribution >= 4 is 22.8 Å². The van der Waals surface area contributed by atoms with Crippen LogP contribution in [0, 0.1) is 0 Å². The number of hydrogen-bond donors (Lipinski definition) is 3. The monoisotopic (exact) mass is 463 g/mol. The molecule has 34 heavy (non-hydrogen) atoms. The van der Waals surface area contributed by atoms with Gasteiger partial charge >= 0.3 is 5.97 Å². The molecular weight excluding hydrogens is 434 g/mol. The molecule has 0 radical (unpaired) electrons. The number of carbonyl (C=O) groups excluding carboxylic acids is 2. The van der Waals surface area contributed by atoms with Crippen molar-refractivity contribution in [1.29, 1.82) is 0 Å². The molecule has 0 unspecified atom stereocenters. The molecule has 3 heterocycles. The predicted octanol–water partition coefficient (Wildman–Crippen LogP) is 2.85. The van der Waals surface area contributed by atoms with E-state index in [4.69, 9.17) is 14.2 Å². The van der Waals surface area contributed by atoms with Crippen LogP contribution in [0.2, 0.25) is 0 Å². The fraction of sp³-hybridized carbons (Fsp3) is 0.385. The highest BCUT2D eigenvalue weighted by Crippen LogP contribution is 2.35. The molecule has 0 bridgehead atoms. The molecule has 5 atom stereocenters. The number of ether oxygens (including phenoxy) is 3. The van der Waals surface area contributed by atoms with Crippen molar-refractivity contribution in [3.8, 4) is 0 Å². The molecule has 3 N–H and O–H groups in total. The van der Waals surface area contributed by atoms with Crippen LogP contribution >= 0.6 is 0 Å². The minimum absolute atomic E-state index is 0.152.